The minimum Gasteiger partial charge on any atom is -0.293 e. The summed E-state index contributed by atoms with van der Waals surface area (Å²) in [5, 5.41) is 12.2. The fourth-order valence-electron chi connectivity index (χ4n) is 12.4. The van der Waals surface area contributed by atoms with E-state index in [0.717, 1.165) is 34.5 Å². The molecule has 0 aliphatic heterocycles. The van der Waals surface area contributed by atoms with Crippen LogP contribution < -0.4 is 0 Å². The number of hydrogen-bond donors (Lipinski definition) is 0. The Morgan fingerprint density at radius 1 is 0.295 bits per heavy atom. The molecule has 0 amide bonds. The predicted molar refractivity (Wildman–Crippen MR) is 332 cm³/mol. The van der Waals surface area contributed by atoms with Gasteiger partial charge >= 0.3 is 0 Å². The maximum atomic E-state index is 5.23. The third-order valence-electron chi connectivity index (χ3n) is 15.9. The van der Waals surface area contributed by atoms with Crippen molar-refractivity contribution in [2.75, 3.05) is 0 Å². The first-order valence-electron chi connectivity index (χ1n) is 27.0. The number of nitrogens with zero attached hydrogens (tertiary/aromatic N) is 2. The Balaban J connectivity index is 0.926. The predicted octanol–water partition coefficient (Wildman–Crippen LogP) is 20.8. The van der Waals surface area contributed by atoms with Crippen LogP contribution in [0.3, 0.4) is 0 Å². The van der Waals surface area contributed by atoms with Gasteiger partial charge in [-0.1, -0.05) is 243 Å². The van der Waals surface area contributed by atoms with Gasteiger partial charge in [-0.2, -0.15) is 0 Å². The van der Waals surface area contributed by atoms with E-state index < -0.39 is 0 Å². The first-order valence-corrected chi connectivity index (χ1v) is 27.0. The molecule has 0 saturated carbocycles. The summed E-state index contributed by atoms with van der Waals surface area (Å²) >= 11 is 0. The van der Waals surface area contributed by atoms with Crippen molar-refractivity contribution >= 4 is 70.6 Å². The molecule has 15 rings (SSSR count). The summed E-state index contributed by atoms with van der Waals surface area (Å²) in [6.07, 6.45) is 11.8. The molecular formula is C76H50N2. The van der Waals surface area contributed by atoms with Crippen molar-refractivity contribution in [2.45, 2.75) is 6.42 Å². The summed E-state index contributed by atoms with van der Waals surface area (Å²) in [7, 11) is 0. The van der Waals surface area contributed by atoms with Crippen LogP contribution >= 0.6 is 0 Å². The third kappa shape index (κ3) is 7.68. The summed E-state index contributed by atoms with van der Waals surface area (Å²) in [6, 6.07) is 96.3. The lowest BCUT2D eigenvalue weighted by molar-refractivity contribution is 1.14. The molecule has 78 heavy (non-hydrogen) atoms. The largest absolute Gasteiger partial charge is 0.293 e. The molecule has 0 fully saturated rings. The zero-order valence-electron chi connectivity index (χ0n) is 42.8. The summed E-state index contributed by atoms with van der Waals surface area (Å²) in [5.74, 6) is 0.941. The SMILES string of the molecule is C1=CCC=C(n2c(-c3ccc4cc(-c5c6ccccc6c(-c6ccc7c(-c8cccc(-c9ccccc9)c8)c8ccccc8c(-c8cccc(-c9ccccc9)c8)c7c6)c6ccccc56)ccc4c3)nc3ccccc32)C=C1. The van der Waals surface area contributed by atoms with Gasteiger partial charge in [-0.05, 0) is 176 Å². The maximum absolute atomic E-state index is 5.23. The van der Waals surface area contributed by atoms with Gasteiger partial charge in [0.1, 0.15) is 5.82 Å². The van der Waals surface area contributed by atoms with Crippen molar-refractivity contribution in [2.24, 2.45) is 0 Å². The fourth-order valence-corrected chi connectivity index (χ4v) is 12.4. The summed E-state index contributed by atoms with van der Waals surface area (Å²) < 4.78 is 2.31. The van der Waals surface area contributed by atoms with E-state index in [-0.39, 0.29) is 0 Å². The number of aromatic nitrogens is 2. The molecular weight excluding hydrogens is 941 g/mol. The van der Waals surface area contributed by atoms with Crippen LogP contribution in [0.2, 0.25) is 0 Å². The molecule has 0 atom stereocenters. The molecule has 364 valence electrons. The van der Waals surface area contributed by atoms with Crippen molar-refractivity contribution in [3.63, 3.8) is 0 Å². The van der Waals surface area contributed by atoms with Crippen molar-refractivity contribution < 1.29 is 0 Å². The number of para-hydroxylation sites is 2. The minimum atomic E-state index is 0.871. The second kappa shape index (κ2) is 18.9. The fraction of sp³-hybridized carbons (Fsp3) is 0.0132. The summed E-state index contributed by atoms with van der Waals surface area (Å²) in [4.78, 5) is 5.23. The summed E-state index contributed by atoms with van der Waals surface area (Å²) in [5.41, 5.74) is 18.8. The zero-order chi connectivity index (χ0) is 51.5. The van der Waals surface area contributed by atoms with E-state index in [1.807, 2.05) is 0 Å². The van der Waals surface area contributed by atoms with E-state index in [9.17, 15) is 0 Å². The van der Waals surface area contributed by atoms with Crippen LogP contribution in [-0.4, -0.2) is 9.55 Å². The van der Waals surface area contributed by atoms with Crippen LogP contribution in [0.4, 0.5) is 0 Å². The van der Waals surface area contributed by atoms with Gasteiger partial charge in [0.25, 0.3) is 0 Å². The van der Waals surface area contributed by atoms with Gasteiger partial charge in [-0.3, -0.25) is 4.57 Å². The van der Waals surface area contributed by atoms with E-state index >= 15 is 0 Å². The van der Waals surface area contributed by atoms with Gasteiger partial charge in [-0.25, -0.2) is 4.98 Å². The Kier molecular flexibility index (Phi) is 11.0. The molecule has 0 saturated heterocycles. The van der Waals surface area contributed by atoms with Crippen molar-refractivity contribution in [3.8, 4) is 78.1 Å². The van der Waals surface area contributed by atoms with Crippen LogP contribution in [0.15, 0.2) is 291 Å². The zero-order valence-corrected chi connectivity index (χ0v) is 42.8. The lowest BCUT2D eigenvalue weighted by Crippen LogP contribution is -1.98. The second-order valence-electron chi connectivity index (χ2n) is 20.5. The second-order valence-corrected chi connectivity index (χ2v) is 20.5. The molecule has 0 unspecified atom stereocenters. The average molecular weight is 991 g/mol. The number of benzene rings is 13. The first-order chi connectivity index (χ1) is 38.7. The highest BCUT2D eigenvalue weighted by Crippen LogP contribution is 2.49. The van der Waals surface area contributed by atoms with Gasteiger partial charge in [0.15, 0.2) is 0 Å². The molecule has 13 aromatic carbocycles. The van der Waals surface area contributed by atoms with Crippen LogP contribution in [-0.2, 0) is 0 Å². The van der Waals surface area contributed by atoms with Gasteiger partial charge < -0.3 is 0 Å². The first kappa shape index (κ1) is 45.3. The maximum Gasteiger partial charge on any atom is 0.145 e. The van der Waals surface area contributed by atoms with E-state index in [1.54, 1.807) is 0 Å². The molecule has 2 nitrogen and oxygen atoms in total. The molecule has 2 heteroatoms. The van der Waals surface area contributed by atoms with E-state index in [0.29, 0.717) is 0 Å². The monoisotopic (exact) mass is 990 g/mol. The topological polar surface area (TPSA) is 17.8 Å². The van der Waals surface area contributed by atoms with Crippen LogP contribution in [0.5, 0.6) is 0 Å². The number of imidazole rings is 1. The Bertz CT molecular complexity index is 4740. The Morgan fingerprint density at radius 2 is 0.718 bits per heavy atom. The molecule has 0 spiro atoms. The standard InChI is InChI=1S/C76H50N2/c1-2-10-30-61(29-9-1)78-71-38-18-17-37-70(71)77-76(78)60-42-40-54-47-58(41-39-55(54)48-60)73-62-31-11-13-33-64(62)74(65-34-14-12-32-63(65)73)59-43-44-68-69(49-59)75(57-28-20-26-53(46-57)51-23-7-4-8-24-51)67-36-16-15-35-66(67)72(68)56-27-19-25-52(45-56)50-21-5-3-6-22-50/h1-9,11-49H,10H2. The quantitative estimate of drug-likeness (QED) is 0.139. The lowest BCUT2D eigenvalue weighted by atomic mass is 9.82. The number of hydrogen-bond acceptors (Lipinski definition) is 1. The van der Waals surface area contributed by atoms with E-state index in [2.05, 4.69) is 296 Å². The Hall–Kier alpha value is -10.2. The summed E-state index contributed by atoms with van der Waals surface area (Å²) in [6.45, 7) is 0. The van der Waals surface area contributed by atoms with Crippen molar-refractivity contribution in [1.82, 2.24) is 9.55 Å². The van der Waals surface area contributed by atoms with Crippen molar-refractivity contribution in [1.29, 1.82) is 0 Å². The molecule has 0 radical (unpaired) electrons. The molecule has 1 heterocycles. The molecule has 0 bridgehead atoms. The smallest absolute Gasteiger partial charge is 0.145 e. The Morgan fingerprint density at radius 3 is 1.29 bits per heavy atom. The van der Waals surface area contributed by atoms with Crippen LogP contribution in [0.1, 0.15) is 6.42 Å². The molecule has 0 N–H and O–H groups in total. The highest BCUT2D eigenvalue weighted by atomic mass is 15.1. The minimum absolute atomic E-state index is 0.871. The van der Waals surface area contributed by atoms with Gasteiger partial charge in [0.2, 0.25) is 0 Å². The number of allylic oxidation sites excluding steroid dienone is 6. The Labute approximate surface area is 453 Å². The van der Waals surface area contributed by atoms with E-state index in [1.165, 1.54) is 121 Å². The van der Waals surface area contributed by atoms with Crippen LogP contribution in [0.25, 0.3) is 149 Å². The molecule has 14 aromatic rings. The average Bonchev–Trinajstić information content (AvgIpc) is 3.79. The third-order valence-corrected chi connectivity index (χ3v) is 15.9. The molecule has 1 aromatic heterocycles. The van der Waals surface area contributed by atoms with Crippen molar-refractivity contribution in [3.05, 3.63) is 291 Å². The van der Waals surface area contributed by atoms with Gasteiger partial charge in [0.05, 0.1) is 11.0 Å². The highest BCUT2D eigenvalue weighted by molar-refractivity contribution is 6.25. The van der Waals surface area contributed by atoms with Crippen LogP contribution in [0, 0.1) is 0 Å². The molecule has 1 aliphatic rings. The van der Waals surface area contributed by atoms with Gasteiger partial charge in [-0.15, -0.1) is 0 Å². The highest BCUT2D eigenvalue weighted by Gasteiger charge is 2.22. The van der Waals surface area contributed by atoms with Gasteiger partial charge in [0, 0.05) is 11.3 Å². The normalized spacial score (nSPS) is 12.5. The lowest BCUT2D eigenvalue weighted by Gasteiger charge is -2.21. The number of rotatable bonds is 8. The van der Waals surface area contributed by atoms with E-state index in [4.69, 9.17) is 4.98 Å². The number of fused-ring (bicyclic) bond motifs is 6. The molecule has 1 aliphatic carbocycles.